The van der Waals surface area contributed by atoms with E-state index in [2.05, 4.69) is 46.7 Å². The quantitative estimate of drug-likeness (QED) is 0.364. The molecule has 1 aliphatic carbocycles. The van der Waals surface area contributed by atoms with Crippen molar-refractivity contribution in [1.82, 2.24) is 15.3 Å². The third-order valence-electron chi connectivity index (χ3n) is 6.96. The van der Waals surface area contributed by atoms with E-state index in [0.717, 1.165) is 65.7 Å². The number of ether oxygens (including phenoxy) is 2. The van der Waals surface area contributed by atoms with Crippen LogP contribution in [0.4, 0.5) is 11.8 Å². The summed E-state index contributed by atoms with van der Waals surface area (Å²) in [6.45, 7) is 9.24. The minimum atomic E-state index is 0.413. The van der Waals surface area contributed by atoms with Gasteiger partial charge in [0.2, 0.25) is 5.95 Å². The van der Waals surface area contributed by atoms with E-state index in [0.29, 0.717) is 25.2 Å². The number of fused-ring (bicyclic) bond motifs is 1. The van der Waals surface area contributed by atoms with Crippen LogP contribution in [0.1, 0.15) is 50.7 Å². The predicted molar refractivity (Wildman–Crippen MR) is 148 cm³/mol. The summed E-state index contributed by atoms with van der Waals surface area (Å²) in [5.74, 6) is 4.22. The Hall–Kier alpha value is -3.06. The molecule has 194 valence electrons. The molecule has 4 rings (SSSR count). The number of nitrogens with zero attached hydrogens (tertiary/aromatic N) is 3. The fourth-order valence-electron chi connectivity index (χ4n) is 5.10. The van der Waals surface area contributed by atoms with Gasteiger partial charge in [0, 0.05) is 43.2 Å². The van der Waals surface area contributed by atoms with Crippen molar-refractivity contribution >= 4 is 22.7 Å². The number of para-hydroxylation sites is 1. The molecule has 1 aliphatic rings. The smallest absolute Gasteiger partial charge is 0.225 e. The van der Waals surface area contributed by atoms with Crippen LogP contribution in [-0.4, -0.2) is 49.9 Å². The summed E-state index contributed by atoms with van der Waals surface area (Å²) in [6.07, 6.45) is 4.65. The third-order valence-corrected chi connectivity index (χ3v) is 6.96. The molecule has 2 aromatic carbocycles. The average Bonchev–Trinajstić information content (AvgIpc) is 2.88. The highest BCUT2D eigenvalue weighted by Gasteiger charge is 2.22. The molecule has 1 aromatic heterocycles. The molecule has 36 heavy (non-hydrogen) atoms. The van der Waals surface area contributed by atoms with E-state index in [-0.39, 0.29) is 0 Å². The van der Waals surface area contributed by atoms with Gasteiger partial charge < -0.3 is 25.0 Å². The maximum atomic E-state index is 5.97. The molecule has 7 heteroatoms. The molecule has 0 bridgehead atoms. The van der Waals surface area contributed by atoms with E-state index in [9.17, 15) is 0 Å². The van der Waals surface area contributed by atoms with Gasteiger partial charge in [0.25, 0.3) is 0 Å². The molecular formula is C29H41N5O2. The average molecular weight is 492 g/mol. The van der Waals surface area contributed by atoms with Crippen LogP contribution >= 0.6 is 0 Å². The molecule has 2 N–H and O–H groups in total. The first-order valence-electron chi connectivity index (χ1n) is 13.3. The number of anilines is 2. The Labute approximate surface area is 215 Å². The van der Waals surface area contributed by atoms with Crippen molar-refractivity contribution in [2.75, 3.05) is 44.1 Å². The summed E-state index contributed by atoms with van der Waals surface area (Å²) in [6, 6.07) is 12.8. The van der Waals surface area contributed by atoms with Gasteiger partial charge in [0.15, 0.2) is 0 Å². The topological polar surface area (TPSA) is 71.5 Å². The van der Waals surface area contributed by atoms with Gasteiger partial charge in [0.05, 0.1) is 18.7 Å². The van der Waals surface area contributed by atoms with Gasteiger partial charge in [-0.15, -0.1) is 0 Å². The molecule has 0 unspecified atom stereocenters. The van der Waals surface area contributed by atoms with Crippen LogP contribution < -0.4 is 25.0 Å². The molecule has 0 aliphatic heterocycles. The van der Waals surface area contributed by atoms with Crippen LogP contribution in [0.2, 0.25) is 0 Å². The first-order valence-corrected chi connectivity index (χ1v) is 13.3. The number of hydrogen-bond acceptors (Lipinski definition) is 7. The minimum absolute atomic E-state index is 0.413. The molecule has 0 saturated heterocycles. The van der Waals surface area contributed by atoms with Gasteiger partial charge >= 0.3 is 0 Å². The van der Waals surface area contributed by atoms with Crippen molar-refractivity contribution in [3.05, 3.63) is 47.5 Å². The number of hydrogen-bond donors (Lipinski definition) is 2. The summed E-state index contributed by atoms with van der Waals surface area (Å²) < 4.78 is 11.7. The van der Waals surface area contributed by atoms with Gasteiger partial charge in [-0.1, -0.05) is 18.2 Å². The van der Waals surface area contributed by atoms with Crippen LogP contribution in [0.5, 0.6) is 11.5 Å². The van der Waals surface area contributed by atoms with Gasteiger partial charge in [-0.2, -0.15) is 4.98 Å². The molecule has 1 heterocycles. The Morgan fingerprint density at radius 2 is 1.69 bits per heavy atom. The fraction of sp³-hybridized carbons (Fsp3) is 0.517. The lowest BCUT2D eigenvalue weighted by Crippen LogP contribution is -2.31. The van der Waals surface area contributed by atoms with E-state index >= 15 is 0 Å². The van der Waals surface area contributed by atoms with Gasteiger partial charge in [-0.25, -0.2) is 4.98 Å². The Morgan fingerprint density at radius 1 is 0.944 bits per heavy atom. The Bertz CT molecular complexity index is 1140. The summed E-state index contributed by atoms with van der Waals surface area (Å²) in [5, 5.41) is 8.38. The van der Waals surface area contributed by atoms with Gasteiger partial charge in [-0.3, -0.25) is 0 Å². The zero-order valence-electron chi connectivity index (χ0n) is 22.4. The maximum Gasteiger partial charge on any atom is 0.225 e. The fourth-order valence-corrected chi connectivity index (χ4v) is 5.10. The SMILES string of the molecule is CCOc1ccc(CNCC2CCC(Nc3nc(N(C)C)c4ccccc4n3)CC2)c(OCC)c1C. The van der Waals surface area contributed by atoms with E-state index < -0.39 is 0 Å². The van der Waals surface area contributed by atoms with E-state index in [1.807, 2.05) is 40.1 Å². The van der Waals surface area contributed by atoms with E-state index in [4.69, 9.17) is 19.4 Å². The van der Waals surface area contributed by atoms with Crippen molar-refractivity contribution < 1.29 is 9.47 Å². The first kappa shape index (κ1) is 26.0. The molecule has 7 nitrogen and oxygen atoms in total. The van der Waals surface area contributed by atoms with Crippen molar-refractivity contribution in [3.63, 3.8) is 0 Å². The monoisotopic (exact) mass is 491 g/mol. The second-order valence-corrected chi connectivity index (χ2v) is 9.82. The highest BCUT2D eigenvalue weighted by atomic mass is 16.5. The molecule has 0 atom stereocenters. The molecular weight excluding hydrogens is 450 g/mol. The maximum absolute atomic E-state index is 5.97. The lowest BCUT2D eigenvalue weighted by atomic mass is 9.86. The molecule has 1 saturated carbocycles. The normalized spacial score (nSPS) is 17.7. The van der Waals surface area contributed by atoms with E-state index in [1.54, 1.807) is 0 Å². The van der Waals surface area contributed by atoms with Crippen LogP contribution in [0.25, 0.3) is 10.9 Å². The highest BCUT2D eigenvalue weighted by Crippen LogP contribution is 2.32. The summed E-state index contributed by atoms with van der Waals surface area (Å²) in [7, 11) is 4.06. The van der Waals surface area contributed by atoms with E-state index in [1.165, 1.54) is 18.4 Å². The highest BCUT2D eigenvalue weighted by molar-refractivity contribution is 5.90. The lowest BCUT2D eigenvalue weighted by Gasteiger charge is -2.29. The number of nitrogens with one attached hydrogen (secondary N) is 2. The molecule has 0 spiro atoms. The summed E-state index contributed by atoms with van der Waals surface area (Å²) in [4.78, 5) is 11.7. The van der Waals surface area contributed by atoms with Gasteiger partial charge in [0.1, 0.15) is 17.3 Å². The molecule has 0 amide bonds. The Kier molecular flexibility index (Phi) is 8.86. The summed E-state index contributed by atoms with van der Waals surface area (Å²) >= 11 is 0. The molecule has 0 radical (unpaired) electrons. The molecule has 3 aromatic rings. The Morgan fingerprint density at radius 3 is 2.42 bits per heavy atom. The number of benzene rings is 2. The van der Waals surface area contributed by atoms with Crippen LogP contribution in [0.3, 0.4) is 0 Å². The van der Waals surface area contributed by atoms with Crippen molar-refractivity contribution in [2.45, 2.75) is 59.0 Å². The van der Waals surface area contributed by atoms with Crippen LogP contribution in [0, 0.1) is 12.8 Å². The number of aromatic nitrogens is 2. The Balaban J connectivity index is 1.30. The third kappa shape index (κ3) is 6.19. The van der Waals surface area contributed by atoms with Crippen molar-refractivity contribution in [2.24, 2.45) is 5.92 Å². The second-order valence-electron chi connectivity index (χ2n) is 9.82. The largest absolute Gasteiger partial charge is 0.493 e. The minimum Gasteiger partial charge on any atom is -0.493 e. The summed E-state index contributed by atoms with van der Waals surface area (Å²) in [5.41, 5.74) is 3.25. The zero-order valence-corrected chi connectivity index (χ0v) is 22.4. The van der Waals surface area contributed by atoms with Crippen LogP contribution in [-0.2, 0) is 6.54 Å². The second kappa shape index (κ2) is 12.3. The zero-order chi connectivity index (χ0) is 25.5. The lowest BCUT2D eigenvalue weighted by molar-refractivity contribution is 0.311. The van der Waals surface area contributed by atoms with Crippen molar-refractivity contribution in [3.8, 4) is 11.5 Å². The molecule has 1 fully saturated rings. The van der Waals surface area contributed by atoms with Crippen LogP contribution in [0.15, 0.2) is 36.4 Å². The van der Waals surface area contributed by atoms with Crippen molar-refractivity contribution in [1.29, 1.82) is 0 Å². The number of rotatable bonds is 11. The standard InChI is InChI=1S/C29H41N5O2/c1-6-35-26-17-14-22(27(20(26)3)36-7-2)19-30-18-21-12-15-23(16-13-21)31-29-32-25-11-9-8-10-24(25)28(33-29)34(4)5/h8-11,14,17,21,23,30H,6-7,12-13,15-16,18-19H2,1-5H3,(H,31,32,33). The first-order chi connectivity index (χ1) is 17.5. The van der Waals surface area contributed by atoms with Gasteiger partial charge in [-0.05, 0) is 77.1 Å². The predicted octanol–water partition coefficient (Wildman–Crippen LogP) is 5.56.